The van der Waals surface area contributed by atoms with Crippen LogP contribution in [0.15, 0.2) is 23.0 Å². The smallest absolute Gasteiger partial charge is 0.293 e. The number of aromatic nitrogens is 1. The van der Waals surface area contributed by atoms with Gasteiger partial charge in [-0.3, -0.25) is 14.4 Å². The van der Waals surface area contributed by atoms with Crippen LogP contribution >= 0.6 is 0 Å². The molecule has 1 aliphatic heterocycles. The van der Waals surface area contributed by atoms with E-state index in [0.717, 1.165) is 10.1 Å². The quantitative estimate of drug-likeness (QED) is 0.847. The van der Waals surface area contributed by atoms with E-state index in [9.17, 15) is 23.9 Å². The topological polar surface area (TPSA) is 106 Å². The maximum absolute atomic E-state index is 13.4. The summed E-state index contributed by atoms with van der Waals surface area (Å²) in [6.45, 7) is 2.10. The number of nitrogens with zero attached hydrogens (tertiary/aromatic N) is 2. The van der Waals surface area contributed by atoms with Gasteiger partial charge in [0.25, 0.3) is 17.4 Å². The van der Waals surface area contributed by atoms with Gasteiger partial charge in [-0.15, -0.1) is 0 Å². The number of halogens is 1. The molecule has 26 heavy (non-hydrogen) atoms. The van der Waals surface area contributed by atoms with E-state index in [2.05, 4.69) is 0 Å². The third kappa shape index (κ3) is 2.73. The standard InChI is InChI=1S/C18H18FN3O4/c1-9-7-10(3-4-12(9)19)8-22-6-5-11-13(17(22)25)15(23)18(26)21(2)14(11)16(20)24/h3-4,7,23H,5-6,8H2,1-2H3,(H2,20,24). The Morgan fingerprint density at radius 1 is 1.35 bits per heavy atom. The second kappa shape index (κ2) is 6.29. The Bertz CT molecular complexity index is 997. The number of hydrogen-bond acceptors (Lipinski definition) is 4. The van der Waals surface area contributed by atoms with E-state index in [1.54, 1.807) is 19.1 Å². The molecule has 3 rings (SSSR count). The second-order valence-corrected chi connectivity index (χ2v) is 6.34. The van der Waals surface area contributed by atoms with Crippen LogP contribution in [0, 0.1) is 12.7 Å². The molecule has 0 aliphatic carbocycles. The maximum atomic E-state index is 13.4. The van der Waals surface area contributed by atoms with Gasteiger partial charge in [0.05, 0.1) is 5.56 Å². The number of nitrogens with two attached hydrogens (primary N) is 1. The van der Waals surface area contributed by atoms with Gasteiger partial charge in [0, 0.05) is 20.1 Å². The molecular weight excluding hydrogens is 341 g/mol. The Morgan fingerprint density at radius 3 is 2.65 bits per heavy atom. The lowest BCUT2D eigenvalue weighted by Gasteiger charge is -2.30. The maximum Gasteiger partial charge on any atom is 0.293 e. The fraction of sp³-hybridized carbons (Fsp3) is 0.278. The zero-order valence-corrected chi connectivity index (χ0v) is 14.4. The van der Waals surface area contributed by atoms with E-state index in [-0.39, 0.29) is 42.1 Å². The molecule has 2 aromatic rings. The summed E-state index contributed by atoms with van der Waals surface area (Å²) < 4.78 is 14.4. The van der Waals surface area contributed by atoms with Crippen LogP contribution in [-0.4, -0.2) is 32.9 Å². The average molecular weight is 359 g/mol. The number of benzene rings is 1. The largest absolute Gasteiger partial charge is 0.502 e. The first-order chi connectivity index (χ1) is 12.2. The van der Waals surface area contributed by atoms with E-state index in [1.165, 1.54) is 18.0 Å². The van der Waals surface area contributed by atoms with Crippen LogP contribution in [0.4, 0.5) is 4.39 Å². The van der Waals surface area contributed by atoms with Crippen molar-refractivity contribution in [2.75, 3.05) is 6.54 Å². The number of carbonyl (C=O) groups excluding carboxylic acids is 2. The number of hydrogen-bond donors (Lipinski definition) is 2. The van der Waals surface area contributed by atoms with Gasteiger partial charge in [-0.25, -0.2) is 4.39 Å². The first kappa shape index (κ1) is 17.7. The number of amides is 2. The van der Waals surface area contributed by atoms with Crippen LogP contribution in [0.3, 0.4) is 0 Å². The van der Waals surface area contributed by atoms with E-state index < -0.39 is 23.1 Å². The Hall–Kier alpha value is -3.16. The molecule has 1 aliphatic rings. The number of pyridine rings is 1. The SMILES string of the molecule is Cc1cc(CN2CCc3c(c(O)c(=O)n(C)c3C(N)=O)C2=O)ccc1F. The van der Waals surface area contributed by atoms with Crippen LogP contribution in [0.5, 0.6) is 5.75 Å². The van der Waals surface area contributed by atoms with Gasteiger partial charge >= 0.3 is 0 Å². The van der Waals surface area contributed by atoms with Gasteiger partial charge < -0.3 is 20.3 Å². The van der Waals surface area contributed by atoms with Crippen molar-refractivity contribution in [1.29, 1.82) is 0 Å². The molecule has 2 heterocycles. The van der Waals surface area contributed by atoms with Crippen molar-refractivity contribution in [2.24, 2.45) is 12.8 Å². The van der Waals surface area contributed by atoms with Crippen molar-refractivity contribution in [1.82, 2.24) is 9.47 Å². The van der Waals surface area contributed by atoms with Gasteiger partial charge in [-0.2, -0.15) is 0 Å². The minimum Gasteiger partial charge on any atom is -0.502 e. The summed E-state index contributed by atoms with van der Waals surface area (Å²) in [7, 11) is 1.32. The lowest BCUT2D eigenvalue weighted by Crippen LogP contribution is -2.41. The zero-order chi connectivity index (χ0) is 19.2. The average Bonchev–Trinajstić information content (AvgIpc) is 2.58. The number of rotatable bonds is 3. The van der Waals surface area contributed by atoms with Gasteiger partial charge in [0.1, 0.15) is 11.5 Å². The normalized spacial score (nSPS) is 13.7. The Morgan fingerprint density at radius 2 is 2.04 bits per heavy atom. The monoisotopic (exact) mass is 359 g/mol. The van der Waals surface area contributed by atoms with Gasteiger partial charge in [-0.1, -0.05) is 12.1 Å². The molecule has 0 fully saturated rings. The third-order valence-corrected chi connectivity index (χ3v) is 4.63. The molecule has 136 valence electrons. The van der Waals surface area contributed by atoms with E-state index >= 15 is 0 Å². The summed E-state index contributed by atoms with van der Waals surface area (Å²) in [4.78, 5) is 38.1. The Labute approximate surface area is 148 Å². The van der Waals surface area contributed by atoms with Crippen LogP contribution in [0.2, 0.25) is 0 Å². The molecule has 0 atom stereocenters. The highest BCUT2D eigenvalue weighted by atomic mass is 19.1. The summed E-state index contributed by atoms with van der Waals surface area (Å²) in [6, 6.07) is 4.53. The molecule has 8 heteroatoms. The predicted molar refractivity (Wildman–Crippen MR) is 91.4 cm³/mol. The number of aromatic hydroxyl groups is 1. The Balaban J connectivity index is 2.04. The van der Waals surface area contributed by atoms with Crippen LogP contribution in [0.1, 0.15) is 37.5 Å². The highest BCUT2D eigenvalue weighted by molar-refractivity contribution is 6.03. The molecule has 0 spiro atoms. The van der Waals surface area contributed by atoms with Crippen molar-refractivity contribution >= 4 is 11.8 Å². The van der Waals surface area contributed by atoms with Crippen LogP contribution in [0.25, 0.3) is 0 Å². The first-order valence-corrected chi connectivity index (χ1v) is 8.01. The van der Waals surface area contributed by atoms with Gasteiger partial charge in [-0.05, 0) is 36.1 Å². The minimum atomic E-state index is -0.856. The van der Waals surface area contributed by atoms with E-state index in [1.807, 2.05) is 0 Å². The van der Waals surface area contributed by atoms with Crippen molar-refractivity contribution < 1.29 is 19.1 Å². The molecule has 1 aromatic carbocycles. The summed E-state index contributed by atoms with van der Waals surface area (Å²) >= 11 is 0. The van der Waals surface area contributed by atoms with Crippen LogP contribution in [-0.2, 0) is 20.0 Å². The predicted octanol–water partition coefficient (Wildman–Crippen LogP) is 0.836. The number of aryl methyl sites for hydroxylation is 1. The molecule has 2 amide bonds. The summed E-state index contributed by atoms with van der Waals surface area (Å²) in [5.41, 5.74) is 5.68. The lowest BCUT2D eigenvalue weighted by atomic mass is 9.95. The molecule has 0 radical (unpaired) electrons. The lowest BCUT2D eigenvalue weighted by molar-refractivity contribution is 0.0721. The highest BCUT2D eigenvalue weighted by Crippen LogP contribution is 2.28. The fourth-order valence-corrected chi connectivity index (χ4v) is 3.30. The van der Waals surface area contributed by atoms with Crippen molar-refractivity contribution in [2.45, 2.75) is 19.9 Å². The molecular formula is C18H18FN3O4. The van der Waals surface area contributed by atoms with Crippen molar-refractivity contribution in [3.63, 3.8) is 0 Å². The summed E-state index contributed by atoms with van der Waals surface area (Å²) in [5, 5.41) is 10.2. The highest BCUT2D eigenvalue weighted by Gasteiger charge is 2.33. The summed E-state index contributed by atoms with van der Waals surface area (Å²) in [6.07, 6.45) is 0.265. The molecule has 0 saturated carbocycles. The molecule has 0 bridgehead atoms. The van der Waals surface area contributed by atoms with Crippen molar-refractivity contribution in [3.8, 4) is 5.75 Å². The minimum absolute atomic E-state index is 0.0755. The second-order valence-electron chi connectivity index (χ2n) is 6.34. The molecule has 7 nitrogen and oxygen atoms in total. The summed E-state index contributed by atoms with van der Waals surface area (Å²) in [5.74, 6) is -2.43. The number of fused-ring (bicyclic) bond motifs is 1. The molecule has 1 aromatic heterocycles. The van der Waals surface area contributed by atoms with Gasteiger partial charge in [0.15, 0.2) is 5.75 Å². The Kier molecular flexibility index (Phi) is 4.27. The third-order valence-electron chi connectivity index (χ3n) is 4.63. The zero-order valence-electron chi connectivity index (χ0n) is 14.4. The fourth-order valence-electron chi connectivity index (χ4n) is 3.30. The van der Waals surface area contributed by atoms with Crippen molar-refractivity contribution in [3.05, 3.63) is 62.3 Å². The van der Waals surface area contributed by atoms with Crippen LogP contribution < -0.4 is 11.3 Å². The molecule has 0 saturated heterocycles. The van der Waals surface area contributed by atoms with E-state index in [4.69, 9.17) is 5.73 Å². The van der Waals surface area contributed by atoms with E-state index in [0.29, 0.717) is 5.56 Å². The molecule has 3 N–H and O–H groups in total. The first-order valence-electron chi connectivity index (χ1n) is 8.01. The number of carbonyl (C=O) groups is 2. The molecule has 0 unspecified atom stereocenters. The van der Waals surface area contributed by atoms with Gasteiger partial charge in [0.2, 0.25) is 0 Å². The number of primary amides is 1.